The lowest BCUT2D eigenvalue weighted by atomic mass is 10.1. The van der Waals surface area contributed by atoms with Crippen LogP contribution in [0.1, 0.15) is 18.4 Å². The van der Waals surface area contributed by atoms with Crippen LogP contribution in [0.3, 0.4) is 0 Å². The van der Waals surface area contributed by atoms with Crippen LogP contribution in [0.4, 0.5) is 11.8 Å². The zero-order chi connectivity index (χ0) is 13.6. The predicted molar refractivity (Wildman–Crippen MR) is 75.5 cm³/mol. The van der Waals surface area contributed by atoms with Crippen LogP contribution in [0.15, 0.2) is 35.3 Å². The smallest absolute Gasteiger partial charge is 0.224 e. The Labute approximate surface area is 117 Å². The molecule has 106 valence electrons. The molecule has 3 rings (SSSR count). The standard InChI is InChI=1S/C14H18N4O2/c1-2-12(10-19-6-1)17-13-3-5-15-14(18-13)16-8-11-4-7-20-9-11/h3-5,7,9,12H,1-2,6,8,10H2,(H2,15,16,17,18). The molecule has 1 aliphatic rings. The second-order valence-corrected chi connectivity index (χ2v) is 4.81. The van der Waals surface area contributed by atoms with E-state index in [2.05, 4.69) is 20.6 Å². The number of rotatable bonds is 5. The van der Waals surface area contributed by atoms with Crippen molar-refractivity contribution in [2.75, 3.05) is 23.8 Å². The molecule has 2 aromatic heterocycles. The number of ether oxygens (including phenoxy) is 1. The highest BCUT2D eigenvalue weighted by Crippen LogP contribution is 2.13. The normalized spacial score (nSPS) is 18.7. The van der Waals surface area contributed by atoms with E-state index in [0.717, 1.165) is 37.4 Å². The lowest BCUT2D eigenvalue weighted by Gasteiger charge is -2.23. The SMILES string of the molecule is c1cc(NC2CCCOC2)nc(NCc2ccoc2)n1. The summed E-state index contributed by atoms with van der Waals surface area (Å²) in [5.74, 6) is 1.43. The first-order chi connectivity index (χ1) is 9.90. The van der Waals surface area contributed by atoms with E-state index < -0.39 is 0 Å². The molecule has 1 atom stereocenters. The molecule has 2 aromatic rings. The van der Waals surface area contributed by atoms with Crippen molar-refractivity contribution in [3.63, 3.8) is 0 Å². The monoisotopic (exact) mass is 274 g/mol. The van der Waals surface area contributed by atoms with Crippen LogP contribution in [0.2, 0.25) is 0 Å². The maximum Gasteiger partial charge on any atom is 0.224 e. The van der Waals surface area contributed by atoms with Gasteiger partial charge in [0.05, 0.1) is 25.2 Å². The molecule has 6 nitrogen and oxygen atoms in total. The maximum absolute atomic E-state index is 5.45. The van der Waals surface area contributed by atoms with Crippen LogP contribution in [-0.4, -0.2) is 29.2 Å². The third-order valence-corrected chi connectivity index (χ3v) is 3.20. The van der Waals surface area contributed by atoms with Gasteiger partial charge in [-0.2, -0.15) is 4.98 Å². The molecule has 1 unspecified atom stereocenters. The highest BCUT2D eigenvalue weighted by Gasteiger charge is 2.14. The summed E-state index contributed by atoms with van der Waals surface area (Å²) < 4.78 is 10.5. The molecule has 0 spiro atoms. The molecule has 0 aromatic carbocycles. The lowest BCUT2D eigenvalue weighted by molar-refractivity contribution is 0.0875. The molecule has 6 heteroatoms. The lowest BCUT2D eigenvalue weighted by Crippen LogP contribution is -2.30. The summed E-state index contributed by atoms with van der Waals surface area (Å²) in [7, 11) is 0. The fourth-order valence-corrected chi connectivity index (χ4v) is 2.16. The van der Waals surface area contributed by atoms with E-state index in [0.29, 0.717) is 18.5 Å². The first kappa shape index (κ1) is 12.9. The Bertz CT molecular complexity index is 524. The third kappa shape index (κ3) is 3.48. The minimum atomic E-state index is 0.334. The number of nitrogens with zero attached hydrogens (tertiary/aromatic N) is 2. The average Bonchev–Trinajstić information content (AvgIpc) is 3.00. The van der Waals surface area contributed by atoms with Gasteiger partial charge in [0.2, 0.25) is 5.95 Å². The fraction of sp³-hybridized carbons (Fsp3) is 0.429. The van der Waals surface area contributed by atoms with Gasteiger partial charge in [-0.05, 0) is 25.0 Å². The van der Waals surface area contributed by atoms with Crippen molar-refractivity contribution in [1.29, 1.82) is 0 Å². The molecule has 3 heterocycles. The number of anilines is 2. The number of furan rings is 1. The van der Waals surface area contributed by atoms with Crippen molar-refractivity contribution in [1.82, 2.24) is 9.97 Å². The van der Waals surface area contributed by atoms with E-state index in [1.165, 1.54) is 0 Å². The van der Waals surface area contributed by atoms with E-state index >= 15 is 0 Å². The fourth-order valence-electron chi connectivity index (χ4n) is 2.16. The average molecular weight is 274 g/mol. The van der Waals surface area contributed by atoms with Crippen molar-refractivity contribution < 1.29 is 9.15 Å². The molecule has 0 aliphatic carbocycles. The Morgan fingerprint density at radius 1 is 1.35 bits per heavy atom. The Balaban J connectivity index is 1.57. The van der Waals surface area contributed by atoms with E-state index in [9.17, 15) is 0 Å². The predicted octanol–water partition coefficient (Wildman–Crippen LogP) is 2.27. The van der Waals surface area contributed by atoms with Crippen LogP contribution >= 0.6 is 0 Å². The Morgan fingerprint density at radius 2 is 2.35 bits per heavy atom. The van der Waals surface area contributed by atoms with Crippen molar-refractivity contribution in [3.8, 4) is 0 Å². The van der Waals surface area contributed by atoms with E-state index in [4.69, 9.17) is 9.15 Å². The van der Waals surface area contributed by atoms with Gasteiger partial charge in [0.15, 0.2) is 0 Å². The summed E-state index contributed by atoms with van der Waals surface area (Å²) in [6.45, 7) is 2.24. The van der Waals surface area contributed by atoms with Gasteiger partial charge in [-0.25, -0.2) is 4.98 Å². The van der Waals surface area contributed by atoms with Gasteiger partial charge >= 0.3 is 0 Å². The van der Waals surface area contributed by atoms with Crippen molar-refractivity contribution in [2.45, 2.75) is 25.4 Å². The van der Waals surface area contributed by atoms with Crippen LogP contribution in [0.5, 0.6) is 0 Å². The van der Waals surface area contributed by atoms with Gasteiger partial charge in [-0.3, -0.25) is 0 Å². The summed E-state index contributed by atoms with van der Waals surface area (Å²) in [6, 6.07) is 4.12. The Hall–Kier alpha value is -2.08. The minimum absolute atomic E-state index is 0.334. The van der Waals surface area contributed by atoms with Crippen molar-refractivity contribution in [2.24, 2.45) is 0 Å². The second-order valence-electron chi connectivity index (χ2n) is 4.81. The molecule has 1 aliphatic heterocycles. The molecule has 20 heavy (non-hydrogen) atoms. The highest BCUT2D eigenvalue weighted by atomic mass is 16.5. The van der Waals surface area contributed by atoms with Crippen molar-refractivity contribution in [3.05, 3.63) is 36.4 Å². The maximum atomic E-state index is 5.45. The molecule has 0 bridgehead atoms. The van der Waals surface area contributed by atoms with Crippen molar-refractivity contribution >= 4 is 11.8 Å². The number of hydrogen-bond acceptors (Lipinski definition) is 6. The Morgan fingerprint density at radius 3 is 3.15 bits per heavy atom. The van der Waals surface area contributed by atoms with Gasteiger partial charge in [0.1, 0.15) is 5.82 Å². The van der Waals surface area contributed by atoms with Crippen LogP contribution in [0.25, 0.3) is 0 Å². The van der Waals surface area contributed by atoms with Crippen LogP contribution in [-0.2, 0) is 11.3 Å². The van der Waals surface area contributed by atoms with Gasteiger partial charge < -0.3 is 19.8 Å². The summed E-state index contributed by atoms with van der Waals surface area (Å²) in [5.41, 5.74) is 1.06. The number of hydrogen-bond donors (Lipinski definition) is 2. The zero-order valence-corrected chi connectivity index (χ0v) is 11.2. The van der Waals surface area contributed by atoms with E-state index in [1.54, 1.807) is 18.7 Å². The van der Waals surface area contributed by atoms with Crippen LogP contribution < -0.4 is 10.6 Å². The second kappa shape index (κ2) is 6.38. The molecule has 1 saturated heterocycles. The molecule has 1 fully saturated rings. The molecule has 0 radical (unpaired) electrons. The first-order valence-corrected chi connectivity index (χ1v) is 6.82. The van der Waals surface area contributed by atoms with Gasteiger partial charge in [0.25, 0.3) is 0 Å². The summed E-state index contributed by atoms with van der Waals surface area (Å²) >= 11 is 0. The Kier molecular flexibility index (Phi) is 4.13. The summed E-state index contributed by atoms with van der Waals surface area (Å²) in [6.07, 6.45) is 7.31. The van der Waals surface area contributed by atoms with Gasteiger partial charge in [-0.15, -0.1) is 0 Å². The quantitative estimate of drug-likeness (QED) is 0.871. The highest BCUT2D eigenvalue weighted by molar-refractivity contribution is 5.40. The molecule has 2 N–H and O–H groups in total. The molecular formula is C14H18N4O2. The first-order valence-electron chi connectivity index (χ1n) is 6.82. The summed E-state index contributed by atoms with van der Waals surface area (Å²) in [5, 5.41) is 6.55. The molecule has 0 amide bonds. The molecule has 0 saturated carbocycles. The number of aromatic nitrogens is 2. The third-order valence-electron chi connectivity index (χ3n) is 3.20. The van der Waals surface area contributed by atoms with E-state index in [-0.39, 0.29) is 0 Å². The van der Waals surface area contributed by atoms with Gasteiger partial charge in [-0.1, -0.05) is 0 Å². The topological polar surface area (TPSA) is 72.2 Å². The minimum Gasteiger partial charge on any atom is -0.472 e. The largest absolute Gasteiger partial charge is 0.472 e. The van der Waals surface area contributed by atoms with E-state index in [1.807, 2.05) is 12.1 Å². The number of nitrogens with one attached hydrogen (secondary N) is 2. The molecular weight excluding hydrogens is 256 g/mol. The summed E-state index contributed by atoms with van der Waals surface area (Å²) in [4.78, 5) is 8.65. The van der Waals surface area contributed by atoms with Crippen LogP contribution in [0, 0.1) is 0 Å². The van der Waals surface area contributed by atoms with Gasteiger partial charge in [0, 0.05) is 24.9 Å². The zero-order valence-electron chi connectivity index (χ0n) is 11.2.